The Morgan fingerprint density at radius 3 is 2.65 bits per heavy atom. The van der Waals surface area contributed by atoms with Crippen molar-refractivity contribution >= 4 is 11.8 Å². The summed E-state index contributed by atoms with van der Waals surface area (Å²) in [6.45, 7) is 3.21. The van der Waals surface area contributed by atoms with Crippen LogP contribution < -0.4 is 20.7 Å². The molecule has 196 valence electrons. The highest BCUT2D eigenvalue weighted by Gasteiger charge is 2.55. The molecule has 7 rings (SSSR count). The summed E-state index contributed by atoms with van der Waals surface area (Å²) in [4.78, 5) is 9.08. The lowest BCUT2D eigenvalue weighted by atomic mass is 9.48. The third-order valence-corrected chi connectivity index (χ3v) is 9.22. The Morgan fingerprint density at radius 1 is 1.11 bits per heavy atom. The summed E-state index contributed by atoms with van der Waals surface area (Å²) in [6, 6.07) is 11.5. The van der Waals surface area contributed by atoms with E-state index >= 15 is 0 Å². The van der Waals surface area contributed by atoms with Gasteiger partial charge in [-0.1, -0.05) is 18.2 Å². The molecule has 2 unspecified atom stereocenters. The molecule has 1 aromatic heterocycles. The molecule has 0 amide bonds. The number of para-hydroxylation sites is 1. The molecule has 4 bridgehead atoms. The van der Waals surface area contributed by atoms with Gasteiger partial charge < -0.3 is 25.4 Å². The second kappa shape index (κ2) is 10.5. The Bertz CT molecular complexity index is 1130. The third-order valence-electron chi connectivity index (χ3n) is 9.22. The minimum absolute atomic E-state index is 0.299. The molecule has 3 N–H and O–H groups in total. The van der Waals surface area contributed by atoms with Gasteiger partial charge in [0.05, 0.1) is 13.3 Å². The van der Waals surface area contributed by atoms with Crippen molar-refractivity contribution in [2.45, 2.75) is 63.6 Å². The average molecular weight is 503 g/mol. The molecule has 8 nitrogen and oxygen atoms in total. The van der Waals surface area contributed by atoms with Gasteiger partial charge in [-0.3, -0.25) is 0 Å². The largest absolute Gasteiger partial charge is 0.496 e. The number of aromatic nitrogens is 2. The second-order valence-corrected chi connectivity index (χ2v) is 11.6. The van der Waals surface area contributed by atoms with Gasteiger partial charge in [-0.05, 0) is 74.2 Å². The maximum absolute atomic E-state index is 9.71. The monoisotopic (exact) mass is 502 g/mol. The van der Waals surface area contributed by atoms with E-state index in [0.29, 0.717) is 41.4 Å². The van der Waals surface area contributed by atoms with Gasteiger partial charge in [0.25, 0.3) is 0 Å². The molecule has 8 heteroatoms. The van der Waals surface area contributed by atoms with Crippen molar-refractivity contribution in [1.29, 1.82) is 5.26 Å². The fourth-order valence-corrected chi connectivity index (χ4v) is 7.80. The zero-order chi connectivity index (χ0) is 25.2. The number of hydrogen-bond donors (Lipinski definition) is 3. The number of anilines is 2. The van der Waals surface area contributed by atoms with Crippen molar-refractivity contribution in [3.05, 3.63) is 41.6 Å². The van der Waals surface area contributed by atoms with Gasteiger partial charge >= 0.3 is 0 Å². The molecule has 4 saturated carbocycles. The highest BCUT2D eigenvalue weighted by Crippen LogP contribution is 2.60. The molecule has 5 atom stereocenters. The maximum atomic E-state index is 9.71. The van der Waals surface area contributed by atoms with Crippen molar-refractivity contribution in [3.63, 3.8) is 0 Å². The molecule has 2 aromatic rings. The van der Waals surface area contributed by atoms with E-state index in [9.17, 15) is 5.26 Å². The zero-order valence-corrected chi connectivity index (χ0v) is 21.7. The number of ether oxygens (including phenoxy) is 2. The van der Waals surface area contributed by atoms with Crippen molar-refractivity contribution < 1.29 is 9.47 Å². The van der Waals surface area contributed by atoms with Crippen molar-refractivity contribution in [3.8, 4) is 11.8 Å². The fourth-order valence-electron chi connectivity index (χ4n) is 7.80. The Hall–Kier alpha value is -2.89. The number of methoxy groups -OCH3 is 1. The van der Waals surface area contributed by atoms with Crippen LogP contribution in [0, 0.1) is 34.5 Å². The van der Waals surface area contributed by atoms with Gasteiger partial charge in [-0.25, -0.2) is 4.98 Å². The molecule has 1 saturated heterocycles. The van der Waals surface area contributed by atoms with Crippen LogP contribution in [0.15, 0.2) is 30.5 Å². The third kappa shape index (κ3) is 5.12. The van der Waals surface area contributed by atoms with Crippen LogP contribution in [0.2, 0.25) is 0 Å². The molecule has 0 spiro atoms. The molecular weight excluding hydrogens is 464 g/mol. The molecule has 1 aliphatic heterocycles. The van der Waals surface area contributed by atoms with Crippen LogP contribution in [0.3, 0.4) is 0 Å². The van der Waals surface area contributed by atoms with E-state index in [1.54, 1.807) is 13.3 Å². The Kier molecular flexibility index (Phi) is 6.92. The highest BCUT2D eigenvalue weighted by molar-refractivity contribution is 5.53. The second-order valence-electron chi connectivity index (χ2n) is 11.6. The summed E-state index contributed by atoms with van der Waals surface area (Å²) >= 11 is 0. The van der Waals surface area contributed by atoms with E-state index in [0.717, 1.165) is 61.7 Å². The lowest BCUT2D eigenvalue weighted by molar-refractivity contribution is -0.0751. The van der Waals surface area contributed by atoms with Crippen LogP contribution in [0.1, 0.15) is 56.1 Å². The van der Waals surface area contributed by atoms with Crippen LogP contribution in [-0.2, 0) is 11.3 Å². The van der Waals surface area contributed by atoms with Gasteiger partial charge in [0, 0.05) is 44.0 Å². The number of nitrogens with zero attached hydrogens (tertiary/aromatic N) is 3. The summed E-state index contributed by atoms with van der Waals surface area (Å²) in [5, 5.41) is 20.7. The quantitative estimate of drug-likeness (QED) is 0.465. The van der Waals surface area contributed by atoms with E-state index in [2.05, 4.69) is 27.0 Å². The molecule has 0 radical (unpaired) electrons. The summed E-state index contributed by atoms with van der Waals surface area (Å²) in [5.74, 6) is 4.33. The first kappa shape index (κ1) is 24.4. The smallest absolute Gasteiger partial charge is 0.224 e. The number of nitrogens with one attached hydrogen (secondary N) is 3. The van der Waals surface area contributed by atoms with Crippen LogP contribution in [0.4, 0.5) is 11.8 Å². The first-order valence-electron chi connectivity index (χ1n) is 13.9. The molecule has 5 aliphatic rings. The molecule has 37 heavy (non-hydrogen) atoms. The van der Waals surface area contributed by atoms with Gasteiger partial charge in [0.1, 0.15) is 23.2 Å². The summed E-state index contributed by atoms with van der Waals surface area (Å²) < 4.78 is 11.0. The molecule has 5 fully saturated rings. The van der Waals surface area contributed by atoms with Gasteiger partial charge in [0.2, 0.25) is 5.95 Å². The van der Waals surface area contributed by atoms with Crippen LogP contribution in [-0.4, -0.2) is 48.9 Å². The van der Waals surface area contributed by atoms with E-state index in [1.165, 1.54) is 32.1 Å². The topological polar surface area (TPSA) is 104 Å². The lowest BCUT2D eigenvalue weighted by Crippen LogP contribution is -2.61. The van der Waals surface area contributed by atoms with Crippen LogP contribution in [0.25, 0.3) is 0 Å². The standard InChI is InChI=1S/C29H38N6O2/c1-36-25-5-3-2-4-20(25)16-31-28-32-17-23(15-30)27(35-28)33-18-29-12-19-10-21(13-29)26(22(11-19)14-29)34-24-6-8-37-9-7-24/h2-5,17,19,21-22,24,26,34H,6-14,16,18H2,1H3,(H2,31,32,33,35)/t19?,21-,22?,26-,29-/m0/s1. The number of rotatable bonds is 9. The number of hydrogen-bond acceptors (Lipinski definition) is 8. The zero-order valence-electron chi connectivity index (χ0n) is 21.7. The Balaban J connectivity index is 1.11. The SMILES string of the molecule is COc1ccccc1CNc1ncc(C#N)c(NC[C@]23CC4CC(C2)[C@@H](NC2CCOCC2)[C@@H](C4)C3)n1. The summed E-state index contributed by atoms with van der Waals surface area (Å²) in [7, 11) is 1.67. The predicted molar refractivity (Wildman–Crippen MR) is 142 cm³/mol. The fraction of sp³-hybridized carbons (Fsp3) is 0.621. The Morgan fingerprint density at radius 2 is 1.89 bits per heavy atom. The average Bonchev–Trinajstić information content (AvgIpc) is 2.93. The van der Waals surface area contributed by atoms with Gasteiger partial charge in [-0.15, -0.1) is 0 Å². The highest BCUT2D eigenvalue weighted by atomic mass is 16.5. The summed E-state index contributed by atoms with van der Waals surface area (Å²) in [6.07, 6.45) is 10.5. The van der Waals surface area contributed by atoms with E-state index in [4.69, 9.17) is 14.5 Å². The van der Waals surface area contributed by atoms with E-state index < -0.39 is 0 Å². The van der Waals surface area contributed by atoms with E-state index in [1.807, 2.05) is 24.3 Å². The number of nitriles is 1. The summed E-state index contributed by atoms with van der Waals surface area (Å²) in [5.41, 5.74) is 1.82. The first-order valence-corrected chi connectivity index (χ1v) is 13.9. The normalized spacial score (nSPS) is 30.6. The minimum atomic E-state index is 0.299. The predicted octanol–water partition coefficient (Wildman–Crippen LogP) is 4.34. The maximum Gasteiger partial charge on any atom is 0.224 e. The van der Waals surface area contributed by atoms with Crippen LogP contribution >= 0.6 is 0 Å². The van der Waals surface area contributed by atoms with Gasteiger partial charge in [-0.2, -0.15) is 10.2 Å². The van der Waals surface area contributed by atoms with Crippen molar-refractivity contribution in [1.82, 2.24) is 15.3 Å². The minimum Gasteiger partial charge on any atom is -0.496 e. The van der Waals surface area contributed by atoms with Crippen molar-refractivity contribution in [2.24, 2.45) is 23.2 Å². The molecular formula is C29H38N6O2. The van der Waals surface area contributed by atoms with E-state index in [-0.39, 0.29) is 0 Å². The molecule has 4 aliphatic carbocycles. The van der Waals surface area contributed by atoms with Crippen molar-refractivity contribution in [2.75, 3.05) is 37.5 Å². The molecule has 1 aromatic carbocycles. The first-order chi connectivity index (χ1) is 18.1. The lowest BCUT2D eigenvalue weighted by Gasteiger charge is -2.61. The molecule has 2 heterocycles. The number of benzene rings is 1. The van der Waals surface area contributed by atoms with Crippen LogP contribution in [0.5, 0.6) is 5.75 Å². The Labute approximate surface area is 219 Å². The van der Waals surface area contributed by atoms with Gasteiger partial charge in [0.15, 0.2) is 0 Å².